The van der Waals surface area contributed by atoms with Crippen molar-refractivity contribution in [2.75, 3.05) is 26.8 Å². The smallest absolute Gasteiger partial charge is 0.127 e. The van der Waals surface area contributed by atoms with Crippen LogP contribution in [0.4, 0.5) is 0 Å². The van der Waals surface area contributed by atoms with Crippen molar-refractivity contribution in [2.45, 2.75) is 25.0 Å². The molecule has 0 unspecified atom stereocenters. The topological polar surface area (TPSA) is 62.2 Å². The summed E-state index contributed by atoms with van der Waals surface area (Å²) in [5, 5.41) is 19.7. The summed E-state index contributed by atoms with van der Waals surface area (Å²) in [6.45, 7) is 1.95. The van der Waals surface area contributed by atoms with Crippen LogP contribution < -0.4 is 9.47 Å². The number of aliphatic hydroxyl groups is 2. The molecule has 2 aromatic rings. The lowest BCUT2D eigenvalue weighted by Gasteiger charge is -2.38. The van der Waals surface area contributed by atoms with Crippen LogP contribution in [0.1, 0.15) is 18.4 Å². The summed E-state index contributed by atoms with van der Waals surface area (Å²) < 4.78 is 11.1. The Hall–Kier alpha value is -2.08. The summed E-state index contributed by atoms with van der Waals surface area (Å²) in [6, 6.07) is 15.4. The summed E-state index contributed by atoms with van der Waals surface area (Å²) in [4.78, 5) is 2.17. The van der Waals surface area contributed by atoms with E-state index in [9.17, 15) is 10.2 Å². The van der Waals surface area contributed by atoms with Gasteiger partial charge in [-0.3, -0.25) is 4.90 Å². The number of likely N-dealkylation sites (tertiary alicyclic amines) is 1. The first kappa shape index (κ1) is 17.7. The Balaban J connectivity index is 1.64. The first-order valence-electron chi connectivity index (χ1n) is 8.57. The van der Waals surface area contributed by atoms with Crippen molar-refractivity contribution in [3.63, 3.8) is 0 Å². The van der Waals surface area contributed by atoms with Gasteiger partial charge in [0.2, 0.25) is 0 Å². The molecule has 3 rings (SSSR count). The van der Waals surface area contributed by atoms with Crippen molar-refractivity contribution in [1.82, 2.24) is 4.90 Å². The highest BCUT2D eigenvalue weighted by molar-refractivity contribution is 5.36. The van der Waals surface area contributed by atoms with Crippen LogP contribution in [0.5, 0.6) is 17.2 Å². The summed E-state index contributed by atoms with van der Waals surface area (Å²) >= 11 is 0. The van der Waals surface area contributed by atoms with Crippen molar-refractivity contribution in [2.24, 2.45) is 0 Å². The second kappa shape index (κ2) is 7.87. The third-order valence-electron chi connectivity index (χ3n) is 4.53. The van der Waals surface area contributed by atoms with E-state index < -0.39 is 5.60 Å². The van der Waals surface area contributed by atoms with Gasteiger partial charge in [0.15, 0.2) is 0 Å². The minimum Gasteiger partial charge on any atom is -0.497 e. The van der Waals surface area contributed by atoms with E-state index in [1.165, 1.54) is 0 Å². The molecule has 134 valence electrons. The highest BCUT2D eigenvalue weighted by atomic mass is 16.5. The van der Waals surface area contributed by atoms with Gasteiger partial charge in [-0.05, 0) is 61.3 Å². The Bertz CT molecular complexity index is 688. The molecule has 0 aliphatic carbocycles. The van der Waals surface area contributed by atoms with Gasteiger partial charge in [-0.15, -0.1) is 0 Å². The van der Waals surface area contributed by atoms with Crippen molar-refractivity contribution in [3.05, 3.63) is 54.1 Å². The molecule has 1 saturated heterocycles. The Morgan fingerprint density at radius 2 is 1.84 bits per heavy atom. The number of nitrogens with zero attached hydrogens (tertiary/aromatic N) is 1. The van der Waals surface area contributed by atoms with E-state index >= 15 is 0 Å². The van der Waals surface area contributed by atoms with Crippen molar-refractivity contribution < 1.29 is 19.7 Å². The highest BCUT2D eigenvalue weighted by Gasteiger charge is 2.32. The molecule has 25 heavy (non-hydrogen) atoms. The quantitative estimate of drug-likeness (QED) is 0.844. The van der Waals surface area contributed by atoms with Crippen LogP contribution in [-0.4, -0.2) is 47.5 Å². The maximum Gasteiger partial charge on any atom is 0.127 e. The van der Waals surface area contributed by atoms with E-state index in [2.05, 4.69) is 4.90 Å². The predicted octanol–water partition coefficient (Wildman–Crippen LogP) is 2.81. The molecule has 2 aromatic carbocycles. The van der Waals surface area contributed by atoms with E-state index in [0.29, 0.717) is 13.0 Å². The average Bonchev–Trinajstić information content (AvgIpc) is 2.63. The van der Waals surface area contributed by atoms with E-state index in [0.717, 1.165) is 42.3 Å². The van der Waals surface area contributed by atoms with Crippen LogP contribution in [0, 0.1) is 0 Å². The minimum atomic E-state index is -0.977. The van der Waals surface area contributed by atoms with Crippen LogP contribution in [0.2, 0.25) is 0 Å². The van der Waals surface area contributed by atoms with Gasteiger partial charge in [0.25, 0.3) is 0 Å². The minimum absolute atomic E-state index is 0.190. The van der Waals surface area contributed by atoms with Gasteiger partial charge in [0, 0.05) is 13.1 Å². The standard InChI is InChI=1S/C20H25NO4/c1-24-17-6-8-18(9-7-17)25-19-5-2-4-16(12-19)13-21-11-3-10-20(23,14-21)15-22/h2,4-9,12,22-23H,3,10-11,13-15H2,1H3/t20-/m0/s1. The fourth-order valence-corrected chi connectivity index (χ4v) is 3.22. The number of ether oxygens (including phenoxy) is 2. The second-order valence-corrected chi connectivity index (χ2v) is 6.62. The SMILES string of the molecule is COc1ccc(Oc2cccc(CN3CCC[C@@](O)(CO)C3)c2)cc1. The normalized spacial score (nSPS) is 21.1. The maximum atomic E-state index is 10.3. The molecule has 1 aliphatic rings. The molecule has 0 bridgehead atoms. The Labute approximate surface area is 148 Å². The molecule has 1 aliphatic heterocycles. The molecule has 1 atom stereocenters. The van der Waals surface area contributed by atoms with Crippen molar-refractivity contribution >= 4 is 0 Å². The molecule has 2 N–H and O–H groups in total. The van der Waals surface area contributed by atoms with Gasteiger partial charge in [0.05, 0.1) is 13.7 Å². The summed E-state index contributed by atoms with van der Waals surface area (Å²) in [6.07, 6.45) is 1.54. The zero-order chi connectivity index (χ0) is 17.7. The maximum absolute atomic E-state index is 10.3. The number of piperidine rings is 1. The number of rotatable bonds is 6. The number of benzene rings is 2. The number of β-amino-alcohol motifs (C(OH)–C–C–N with tert-alkyl or cyclic N) is 1. The number of hydrogen-bond donors (Lipinski definition) is 2. The molecule has 1 heterocycles. The molecular formula is C20H25NO4. The fourth-order valence-electron chi connectivity index (χ4n) is 3.22. The van der Waals surface area contributed by atoms with Gasteiger partial charge in [0.1, 0.15) is 22.8 Å². The van der Waals surface area contributed by atoms with E-state index in [1.54, 1.807) is 7.11 Å². The molecular weight excluding hydrogens is 318 g/mol. The van der Waals surface area contributed by atoms with Crippen molar-refractivity contribution in [1.29, 1.82) is 0 Å². The van der Waals surface area contributed by atoms with E-state index in [1.807, 2.05) is 48.5 Å². The monoisotopic (exact) mass is 343 g/mol. The first-order chi connectivity index (χ1) is 12.1. The molecule has 5 heteroatoms. The number of aliphatic hydroxyl groups excluding tert-OH is 1. The highest BCUT2D eigenvalue weighted by Crippen LogP contribution is 2.26. The zero-order valence-corrected chi connectivity index (χ0v) is 14.5. The third kappa shape index (κ3) is 4.72. The van der Waals surface area contributed by atoms with Crippen molar-refractivity contribution in [3.8, 4) is 17.2 Å². The first-order valence-corrected chi connectivity index (χ1v) is 8.57. The lowest BCUT2D eigenvalue weighted by Crippen LogP contribution is -2.49. The van der Waals surface area contributed by atoms with Crippen LogP contribution in [-0.2, 0) is 6.54 Å². The molecule has 0 aromatic heterocycles. The van der Waals surface area contributed by atoms with Gasteiger partial charge in [-0.2, -0.15) is 0 Å². The van der Waals surface area contributed by atoms with Gasteiger partial charge in [-0.1, -0.05) is 12.1 Å². The number of hydrogen-bond acceptors (Lipinski definition) is 5. The van der Waals surface area contributed by atoms with Gasteiger partial charge in [-0.25, -0.2) is 0 Å². The molecule has 0 spiro atoms. The zero-order valence-electron chi connectivity index (χ0n) is 14.5. The predicted molar refractivity (Wildman–Crippen MR) is 96.1 cm³/mol. The third-order valence-corrected chi connectivity index (χ3v) is 4.53. The number of methoxy groups -OCH3 is 1. The second-order valence-electron chi connectivity index (χ2n) is 6.62. The summed E-state index contributed by atoms with van der Waals surface area (Å²) in [7, 11) is 1.64. The molecule has 0 amide bonds. The lowest BCUT2D eigenvalue weighted by atomic mass is 9.93. The van der Waals surface area contributed by atoms with Crippen LogP contribution in [0.3, 0.4) is 0 Å². The van der Waals surface area contributed by atoms with E-state index in [-0.39, 0.29) is 6.61 Å². The van der Waals surface area contributed by atoms with Gasteiger partial charge < -0.3 is 19.7 Å². The summed E-state index contributed by atoms with van der Waals surface area (Å²) in [5.41, 5.74) is 0.142. The van der Waals surface area contributed by atoms with Gasteiger partial charge >= 0.3 is 0 Å². The lowest BCUT2D eigenvalue weighted by molar-refractivity contribution is -0.0687. The average molecular weight is 343 g/mol. The molecule has 0 saturated carbocycles. The molecule has 1 fully saturated rings. The van der Waals surface area contributed by atoms with E-state index in [4.69, 9.17) is 9.47 Å². The Kier molecular flexibility index (Phi) is 5.58. The Morgan fingerprint density at radius 1 is 1.08 bits per heavy atom. The fraction of sp³-hybridized carbons (Fsp3) is 0.400. The van der Waals surface area contributed by atoms with Crippen LogP contribution in [0.15, 0.2) is 48.5 Å². The van der Waals surface area contributed by atoms with Crippen LogP contribution in [0.25, 0.3) is 0 Å². The van der Waals surface area contributed by atoms with Crippen LogP contribution >= 0.6 is 0 Å². The summed E-state index contributed by atoms with van der Waals surface area (Å²) in [5.74, 6) is 2.32. The molecule has 0 radical (unpaired) electrons. The Morgan fingerprint density at radius 3 is 2.56 bits per heavy atom. The molecule has 5 nitrogen and oxygen atoms in total. The largest absolute Gasteiger partial charge is 0.497 e.